The van der Waals surface area contributed by atoms with Crippen LogP contribution in [-0.2, 0) is 13.7 Å². The zero-order chi connectivity index (χ0) is 14.8. The van der Waals surface area contributed by atoms with E-state index in [4.69, 9.17) is 17.3 Å². The Hall–Kier alpha value is -1.46. The Kier molecular flexibility index (Phi) is 4.22. The molecule has 3 rings (SSSR count). The van der Waals surface area contributed by atoms with E-state index < -0.39 is 0 Å². The fourth-order valence-electron chi connectivity index (χ4n) is 3.07. The Balaban J connectivity index is 1.92. The van der Waals surface area contributed by atoms with Crippen molar-refractivity contribution in [1.29, 1.82) is 0 Å². The van der Waals surface area contributed by atoms with Crippen molar-refractivity contribution in [2.24, 2.45) is 7.05 Å². The highest BCUT2D eigenvalue weighted by Gasteiger charge is 2.17. The maximum atomic E-state index is 5.58. The van der Waals surface area contributed by atoms with Gasteiger partial charge in [0.25, 0.3) is 0 Å². The lowest BCUT2D eigenvalue weighted by Crippen LogP contribution is -3.12. The highest BCUT2D eigenvalue weighted by atomic mass is 32.1. The van der Waals surface area contributed by atoms with E-state index in [-0.39, 0.29) is 0 Å². The molecule has 1 fully saturated rings. The van der Waals surface area contributed by atoms with Crippen molar-refractivity contribution in [2.75, 3.05) is 13.1 Å². The van der Waals surface area contributed by atoms with E-state index in [2.05, 4.69) is 31.2 Å². The summed E-state index contributed by atoms with van der Waals surface area (Å²) in [7, 11) is 2.01. The molecule has 2 aromatic rings. The molecule has 4 nitrogen and oxygen atoms in total. The van der Waals surface area contributed by atoms with Crippen LogP contribution in [0, 0.1) is 11.7 Å². The summed E-state index contributed by atoms with van der Waals surface area (Å²) in [6.45, 7) is 5.47. The predicted molar refractivity (Wildman–Crippen MR) is 86.8 cm³/mol. The highest BCUT2D eigenvalue weighted by Crippen LogP contribution is 2.20. The summed E-state index contributed by atoms with van der Waals surface area (Å²) >= 11 is 5.58. The molecule has 0 amide bonds. The Morgan fingerprint density at radius 2 is 1.90 bits per heavy atom. The van der Waals surface area contributed by atoms with Gasteiger partial charge in [-0.3, -0.25) is 0 Å². The lowest BCUT2D eigenvalue weighted by Gasteiger charge is -2.22. The Bertz CT molecular complexity index is 680. The second kappa shape index (κ2) is 6.12. The molecule has 0 atom stereocenters. The number of aromatic nitrogens is 3. The van der Waals surface area contributed by atoms with Crippen LogP contribution in [0.5, 0.6) is 0 Å². The van der Waals surface area contributed by atoms with Crippen LogP contribution in [0.15, 0.2) is 24.3 Å². The van der Waals surface area contributed by atoms with Crippen molar-refractivity contribution in [3.63, 3.8) is 0 Å². The molecular formula is C16H23N4S+. The van der Waals surface area contributed by atoms with E-state index in [1.807, 2.05) is 16.3 Å². The molecule has 0 saturated carbocycles. The standard InChI is InChI=1S/C16H22N4S/c1-13-8-4-5-9-14(13)15-17-20(16(21)18(15)2)12-19-10-6-3-7-11-19/h4-5,8-9H,3,6-7,10-12H2,1-2H3/p+1. The molecule has 1 aromatic heterocycles. The van der Waals surface area contributed by atoms with E-state index >= 15 is 0 Å². The van der Waals surface area contributed by atoms with Crippen LogP contribution in [0.25, 0.3) is 11.4 Å². The second-order valence-corrected chi connectivity index (χ2v) is 6.31. The molecule has 1 saturated heterocycles. The predicted octanol–water partition coefficient (Wildman–Crippen LogP) is 1.95. The summed E-state index contributed by atoms with van der Waals surface area (Å²) in [6.07, 6.45) is 4.01. The lowest BCUT2D eigenvalue weighted by molar-refractivity contribution is -0.928. The number of aryl methyl sites for hydroxylation is 1. The van der Waals surface area contributed by atoms with E-state index in [0.717, 1.165) is 17.3 Å². The summed E-state index contributed by atoms with van der Waals surface area (Å²) in [5.74, 6) is 0.967. The number of quaternary nitrogens is 1. The number of nitrogens with zero attached hydrogens (tertiary/aromatic N) is 3. The van der Waals surface area contributed by atoms with Crippen LogP contribution in [0.2, 0.25) is 0 Å². The maximum absolute atomic E-state index is 5.58. The minimum Gasteiger partial charge on any atom is -0.316 e. The zero-order valence-corrected chi connectivity index (χ0v) is 13.6. The number of hydrogen-bond donors (Lipinski definition) is 1. The molecule has 1 aromatic carbocycles. The average Bonchev–Trinajstić information content (AvgIpc) is 2.77. The van der Waals surface area contributed by atoms with Crippen molar-refractivity contribution < 1.29 is 4.90 Å². The van der Waals surface area contributed by atoms with Gasteiger partial charge in [-0.15, -0.1) is 5.10 Å². The van der Waals surface area contributed by atoms with Crippen LogP contribution >= 0.6 is 12.2 Å². The molecular weight excluding hydrogens is 280 g/mol. The van der Waals surface area contributed by atoms with Gasteiger partial charge in [0.15, 0.2) is 12.5 Å². The van der Waals surface area contributed by atoms with Gasteiger partial charge in [-0.25, -0.2) is 0 Å². The fraction of sp³-hybridized carbons (Fsp3) is 0.500. The number of benzene rings is 1. The minimum atomic E-state index is 0.811. The fourth-order valence-corrected chi connectivity index (χ4v) is 3.26. The number of likely N-dealkylation sites (tertiary alicyclic amines) is 1. The SMILES string of the molecule is Cc1ccccc1-c1nn(C[NH+]2CCCCC2)c(=S)n1C. The molecule has 21 heavy (non-hydrogen) atoms. The maximum Gasteiger partial charge on any atom is 0.202 e. The summed E-state index contributed by atoms with van der Waals surface area (Å²) in [4.78, 5) is 1.59. The molecule has 0 radical (unpaired) electrons. The van der Waals surface area contributed by atoms with E-state index in [1.54, 1.807) is 4.90 Å². The van der Waals surface area contributed by atoms with E-state index in [0.29, 0.717) is 0 Å². The van der Waals surface area contributed by atoms with Gasteiger partial charge >= 0.3 is 0 Å². The monoisotopic (exact) mass is 303 g/mol. The van der Waals surface area contributed by atoms with Crippen molar-refractivity contribution in [2.45, 2.75) is 32.9 Å². The molecule has 0 aliphatic carbocycles. The summed E-state index contributed by atoms with van der Waals surface area (Å²) in [5, 5.41) is 4.79. The Labute approximate surface area is 131 Å². The topological polar surface area (TPSA) is 27.2 Å². The van der Waals surface area contributed by atoms with Crippen molar-refractivity contribution >= 4 is 12.2 Å². The highest BCUT2D eigenvalue weighted by molar-refractivity contribution is 7.71. The van der Waals surface area contributed by atoms with Crippen molar-refractivity contribution in [1.82, 2.24) is 14.3 Å². The molecule has 0 unspecified atom stereocenters. The number of nitrogens with one attached hydrogen (secondary N) is 1. The van der Waals surface area contributed by atoms with Gasteiger partial charge in [-0.2, -0.15) is 4.68 Å². The first-order valence-electron chi connectivity index (χ1n) is 7.70. The molecule has 1 aliphatic rings. The lowest BCUT2D eigenvalue weighted by atomic mass is 10.1. The third-order valence-corrected chi connectivity index (χ3v) is 4.85. The van der Waals surface area contributed by atoms with Crippen LogP contribution in [-0.4, -0.2) is 27.4 Å². The van der Waals surface area contributed by atoms with Crippen molar-refractivity contribution in [3.8, 4) is 11.4 Å². The van der Waals surface area contributed by atoms with Gasteiger partial charge in [0, 0.05) is 12.6 Å². The van der Waals surface area contributed by atoms with Gasteiger partial charge in [0.1, 0.15) is 0 Å². The zero-order valence-electron chi connectivity index (χ0n) is 12.8. The largest absolute Gasteiger partial charge is 0.316 e. The summed E-state index contributed by atoms with van der Waals surface area (Å²) in [5.41, 5.74) is 2.40. The second-order valence-electron chi connectivity index (χ2n) is 5.95. The Morgan fingerprint density at radius 3 is 2.62 bits per heavy atom. The normalized spacial score (nSPS) is 16.3. The van der Waals surface area contributed by atoms with Crippen LogP contribution in [0.3, 0.4) is 0 Å². The molecule has 1 N–H and O–H groups in total. The van der Waals surface area contributed by atoms with E-state index in [1.165, 1.54) is 43.5 Å². The summed E-state index contributed by atoms with van der Waals surface area (Å²) in [6, 6.07) is 8.35. The third kappa shape index (κ3) is 2.94. The Morgan fingerprint density at radius 1 is 1.19 bits per heavy atom. The minimum absolute atomic E-state index is 0.811. The van der Waals surface area contributed by atoms with Crippen LogP contribution < -0.4 is 4.90 Å². The summed E-state index contributed by atoms with van der Waals surface area (Å²) < 4.78 is 4.84. The average molecular weight is 303 g/mol. The molecule has 5 heteroatoms. The van der Waals surface area contributed by atoms with Gasteiger partial charge in [0.05, 0.1) is 13.1 Å². The smallest absolute Gasteiger partial charge is 0.202 e. The van der Waals surface area contributed by atoms with Gasteiger partial charge in [-0.05, 0) is 44.0 Å². The number of hydrogen-bond acceptors (Lipinski definition) is 2. The quantitative estimate of drug-likeness (QED) is 0.878. The van der Waals surface area contributed by atoms with Crippen LogP contribution in [0.1, 0.15) is 24.8 Å². The molecule has 0 spiro atoms. The van der Waals surface area contributed by atoms with Crippen molar-refractivity contribution in [3.05, 3.63) is 34.6 Å². The van der Waals surface area contributed by atoms with Gasteiger partial charge in [0.2, 0.25) is 4.77 Å². The first-order valence-corrected chi connectivity index (χ1v) is 8.11. The third-order valence-electron chi connectivity index (χ3n) is 4.36. The van der Waals surface area contributed by atoms with Gasteiger partial charge < -0.3 is 9.47 Å². The first-order chi connectivity index (χ1) is 10.2. The molecule has 1 aliphatic heterocycles. The molecule has 0 bridgehead atoms. The van der Waals surface area contributed by atoms with Crippen LogP contribution in [0.4, 0.5) is 0 Å². The first kappa shape index (κ1) is 14.5. The number of piperidine rings is 1. The molecule has 112 valence electrons. The van der Waals surface area contributed by atoms with Gasteiger partial charge in [-0.1, -0.05) is 24.3 Å². The number of rotatable bonds is 3. The van der Waals surface area contributed by atoms with E-state index in [9.17, 15) is 0 Å². The molecule has 2 heterocycles.